The first-order valence-electron chi connectivity index (χ1n) is 7.41. The Hall–Kier alpha value is -1.79. The number of nitrogens with zero attached hydrogens (tertiary/aromatic N) is 1. The number of hydrogen-bond acceptors (Lipinski definition) is 4. The number of piperidine rings is 1. The summed E-state index contributed by atoms with van der Waals surface area (Å²) in [6.45, 7) is 2.31. The highest BCUT2D eigenvalue weighted by molar-refractivity contribution is 7.09. The van der Waals surface area contributed by atoms with Gasteiger partial charge in [0.1, 0.15) is 11.5 Å². The van der Waals surface area contributed by atoms with Crippen molar-refractivity contribution in [2.75, 3.05) is 13.1 Å². The molecule has 0 bridgehead atoms. The first-order valence-corrected chi connectivity index (χ1v) is 8.29. The Kier molecular flexibility index (Phi) is 4.80. The van der Waals surface area contributed by atoms with E-state index in [4.69, 9.17) is 0 Å². The first-order chi connectivity index (χ1) is 10.7. The van der Waals surface area contributed by atoms with E-state index in [2.05, 4.69) is 15.6 Å². The third-order valence-electron chi connectivity index (χ3n) is 3.79. The monoisotopic (exact) mass is 319 g/mol. The first kappa shape index (κ1) is 15.1. The fourth-order valence-electron chi connectivity index (χ4n) is 2.57. The lowest BCUT2D eigenvalue weighted by Crippen LogP contribution is -2.27. The molecule has 116 valence electrons. The van der Waals surface area contributed by atoms with Crippen molar-refractivity contribution in [1.29, 1.82) is 0 Å². The van der Waals surface area contributed by atoms with Crippen molar-refractivity contribution in [2.45, 2.75) is 25.3 Å². The lowest BCUT2D eigenvalue weighted by atomic mass is 9.99. The topological polar surface area (TPSA) is 54.0 Å². The number of carbonyl (C=O) groups excluding carboxylic acids is 1. The molecular formula is C16H18FN3OS. The van der Waals surface area contributed by atoms with Crippen molar-refractivity contribution in [3.05, 3.63) is 51.7 Å². The molecule has 1 aliphatic rings. The molecule has 3 rings (SSSR count). The maximum Gasteiger partial charge on any atom is 0.271 e. The second-order valence-electron chi connectivity index (χ2n) is 5.41. The second kappa shape index (κ2) is 6.98. The number of thiazole rings is 1. The number of hydrogen-bond donors (Lipinski definition) is 2. The zero-order chi connectivity index (χ0) is 15.4. The number of halogens is 1. The van der Waals surface area contributed by atoms with Crippen LogP contribution in [0.5, 0.6) is 0 Å². The summed E-state index contributed by atoms with van der Waals surface area (Å²) in [5.41, 5.74) is 1.19. The third kappa shape index (κ3) is 3.69. The molecule has 0 saturated carbocycles. The van der Waals surface area contributed by atoms with Crippen LogP contribution < -0.4 is 10.6 Å². The lowest BCUT2D eigenvalue weighted by molar-refractivity contribution is 0.0946. The summed E-state index contributed by atoms with van der Waals surface area (Å²) in [4.78, 5) is 16.6. The van der Waals surface area contributed by atoms with Crippen molar-refractivity contribution in [3.8, 4) is 0 Å². The van der Waals surface area contributed by atoms with Gasteiger partial charge in [-0.05, 0) is 43.6 Å². The maximum atomic E-state index is 13.1. The van der Waals surface area contributed by atoms with Gasteiger partial charge in [-0.1, -0.05) is 12.1 Å². The predicted octanol–water partition coefficient (Wildman–Crippen LogP) is 2.68. The maximum absolute atomic E-state index is 13.1. The van der Waals surface area contributed by atoms with Crippen LogP contribution in [0.2, 0.25) is 0 Å². The Morgan fingerprint density at radius 1 is 1.41 bits per heavy atom. The van der Waals surface area contributed by atoms with Gasteiger partial charge >= 0.3 is 0 Å². The Balaban J connectivity index is 1.59. The van der Waals surface area contributed by atoms with Gasteiger partial charge in [0.15, 0.2) is 0 Å². The molecule has 0 radical (unpaired) electrons. The minimum absolute atomic E-state index is 0.208. The second-order valence-corrected chi connectivity index (χ2v) is 6.30. The summed E-state index contributed by atoms with van der Waals surface area (Å²) >= 11 is 1.55. The lowest BCUT2D eigenvalue weighted by Gasteiger charge is -2.20. The Morgan fingerprint density at radius 3 is 3.00 bits per heavy atom. The molecule has 0 atom stereocenters. The highest BCUT2D eigenvalue weighted by Crippen LogP contribution is 2.27. The van der Waals surface area contributed by atoms with Crippen LogP contribution in [0.4, 0.5) is 4.39 Å². The third-order valence-corrected chi connectivity index (χ3v) is 4.79. The van der Waals surface area contributed by atoms with Crippen molar-refractivity contribution in [2.24, 2.45) is 0 Å². The minimum atomic E-state index is -0.298. The Labute approximate surface area is 132 Å². The van der Waals surface area contributed by atoms with E-state index < -0.39 is 0 Å². The van der Waals surface area contributed by atoms with E-state index in [0.717, 1.165) is 36.5 Å². The summed E-state index contributed by atoms with van der Waals surface area (Å²) in [5.74, 6) is -0.0506. The number of amides is 1. The van der Waals surface area contributed by atoms with Crippen LogP contribution in [0.3, 0.4) is 0 Å². The van der Waals surface area contributed by atoms with Gasteiger partial charge < -0.3 is 10.6 Å². The molecule has 1 amide bonds. The number of aromatic nitrogens is 1. The fourth-order valence-corrected chi connectivity index (χ4v) is 3.54. The molecule has 1 saturated heterocycles. The number of rotatable bonds is 4. The molecule has 1 aromatic carbocycles. The minimum Gasteiger partial charge on any atom is -0.347 e. The van der Waals surface area contributed by atoms with Gasteiger partial charge in [0.2, 0.25) is 0 Å². The van der Waals surface area contributed by atoms with Crippen LogP contribution in [-0.2, 0) is 6.54 Å². The predicted molar refractivity (Wildman–Crippen MR) is 84.5 cm³/mol. The van der Waals surface area contributed by atoms with Gasteiger partial charge in [-0.15, -0.1) is 11.3 Å². The Bertz CT molecular complexity index is 652. The zero-order valence-electron chi connectivity index (χ0n) is 12.1. The van der Waals surface area contributed by atoms with Crippen LogP contribution in [0.25, 0.3) is 0 Å². The van der Waals surface area contributed by atoms with Crippen LogP contribution in [0.1, 0.15) is 39.8 Å². The van der Waals surface area contributed by atoms with Crippen molar-refractivity contribution < 1.29 is 9.18 Å². The normalized spacial score (nSPS) is 15.7. The van der Waals surface area contributed by atoms with Crippen molar-refractivity contribution in [1.82, 2.24) is 15.6 Å². The van der Waals surface area contributed by atoms with Crippen LogP contribution in [0.15, 0.2) is 29.6 Å². The summed E-state index contributed by atoms with van der Waals surface area (Å²) < 4.78 is 13.1. The van der Waals surface area contributed by atoms with Crippen LogP contribution >= 0.6 is 11.3 Å². The van der Waals surface area contributed by atoms with E-state index in [0.29, 0.717) is 18.2 Å². The standard InChI is InChI=1S/C16H18FN3OS/c17-13-3-1-2-11(8-13)9-19-15(21)14-10-22-16(20-14)12-4-6-18-7-5-12/h1-3,8,10,12,18H,4-7,9H2,(H,19,21). The molecule has 6 heteroatoms. The van der Waals surface area contributed by atoms with Gasteiger partial charge in [-0.2, -0.15) is 0 Å². The van der Waals surface area contributed by atoms with Gasteiger partial charge in [0, 0.05) is 17.8 Å². The quantitative estimate of drug-likeness (QED) is 0.911. The van der Waals surface area contributed by atoms with Gasteiger partial charge in [-0.25, -0.2) is 9.37 Å². The van der Waals surface area contributed by atoms with E-state index in [-0.39, 0.29) is 11.7 Å². The average molecular weight is 319 g/mol. The van der Waals surface area contributed by atoms with Gasteiger partial charge in [0.25, 0.3) is 5.91 Å². The summed E-state index contributed by atoms with van der Waals surface area (Å²) in [5, 5.41) is 8.95. The highest BCUT2D eigenvalue weighted by Gasteiger charge is 2.20. The number of carbonyl (C=O) groups is 1. The van der Waals surface area contributed by atoms with E-state index >= 15 is 0 Å². The molecule has 2 heterocycles. The van der Waals surface area contributed by atoms with Crippen LogP contribution in [-0.4, -0.2) is 24.0 Å². The molecule has 0 unspecified atom stereocenters. The molecule has 0 spiro atoms. The van der Waals surface area contributed by atoms with Crippen molar-refractivity contribution >= 4 is 17.2 Å². The molecule has 4 nitrogen and oxygen atoms in total. The summed E-state index contributed by atoms with van der Waals surface area (Å²) in [7, 11) is 0. The van der Waals surface area contributed by atoms with E-state index in [1.54, 1.807) is 28.8 Å². The highest BCUT2D eigenvalue weighted by atomic mass is 32.1. The molecule has 22 heavy (non-hydrogen) atoms. The SMILES string of the molecule is O=C(NCc1cccc(F)c1)c1csc(C2CCNCC2)n1. The molecule has 0 aliphatic carbocycles. The molecule has 1 aromatic heterocycles. The molecule has 1 aliphatic heterocycles. The molecule has 2 aromatic rings. The Morgan fingerprint density at radius 2 is 2.23 bits per heavy atom. The summed E-state index contributed by atoms with van der Waals surface area (Å²) in [6.07, 6.45) is 2.13. The van der Waals surface area contributed by atoms with E-state index in [1.807, 2.05) is 0 Å². The average Bonchev–Trinajstić information content (AvgIpc) is 3.04. The van der Waals surface area contributed by atoms with Gasteiger partial charge in [0.05, 0.1) is 5.01 Å². The smallest absolute Gasteiger partial charge is 0.271 e. The molecule has 2 N–H and O–H groups in total. The van der Waals surface area contributed by atoms with Crippen molar-refractivity contribution in [3.63, 3.8) is 0 Å². The zero-order valence-corrected chi connectivity index (χ0v) is 13.0. The number of benzene rings is 1. The molecule has 1 fully saturated rings. The molecular weight excluding hydrogens is 301 g/mol. The largest absolute Gasteiger partial charge is 0.347 e. The van der Waals surface area contributed by atoms with E-state index in [1.165, 1.54) is 12.1 Å². The fraction of sp³-hybridized carbons (Fsp3) is 0.375. The summed E-state index contributed by atoms with van der Waals surface area (Å²) in [6, 6.07) is 6.22. The van der Waals surface area contributed by atoms with E-state index in [9.17, 15) is 9.18 Å². The van der Waals surface area contributed by atoms with Gasteiger partial charge in [-0.3, -0.25) is 4.79 Å². The van der Waals surface area contributed by atoms with Crippen LogP contribution in [0, 0.1) is 5.82 Å². The number of nitrogens with one attached hydrogen (secondary N) is 2.